The van der Waals surface area contributed by atoms with E-state index in [-0.39, 0.29) is 0 Å². The molecule has 0 aliphatic rings. The lowest BCUT2D eigenvalue weighted by Gasteiger charge is -2.10. The Morgan fingerprint density at radius 1 is 0.704 bits per heavy atom. The van der Waals surface area contributed by atoms with Crippen LogP contribution in [0.3, 0.4) is 0 Å². The van der Waals surface area contributed by atoms with Gasteiger partial charge in [0.25, 0.3) is 0 Å². The van der Waals surface area contributed by atoms with Crippen molar-refractivity contribution in [2.75, 3.05) is 0 Å². The Morgan fingerprint density at radius 3 is 1.48 bits per heavy atom. The lowest BCUT2D eigenvalue weighted by Crippen LogP contribution is -2.35. The lowest BCUT2D eigenvalue weighted by molar-refractivity contribution is -0.315. The maximum atomic E-state index is 10.4. The van der Waals surface area contributed by atoms with E-state index in [0.717, 1.165) is 19.3 Å². The quantitative estimate of drug-likeness (QED) is 0.193. The summed E-state index contributed by atoms with van der Waals surface area (Å²) in [7, 11) is 0. The Morgan fingerprint density at radius 2 is 1.07 bits per heavy atom. The Balaban J connectivity index is 3.12. The maximum absolute atomic E-state index is 10.4. The summed E-state index contributed by atoms with van der Waals surface area (Å²) in [4.78, 5) is 10.4. The van der Waals surface area contributed by atoms with Crippen molar-refractivity contribution in [3.8, 4) is 0 Å². The van der Waals surface area contributed by atoms with Gasteiger partial charge >= 0.3 is 0 Å². The second-order valence-corrected chi connectivity index (χ2v) is 7.98. The predicted octanol–water partition coefficient (Wildman–Crippen LogP) is 6.09. The van der Waals surface area contributed by atoms with Crippen LogP contribution in [0.1, 0.15) is 129 Å². The molecule has 3 heteroatoms. The first-order valence-electron chi connectivity index (χ1n) is 11.7. The van der Waals surface area contributed by atoms with Gasteiger partial charge in [0, 0.05) is 0 Å². The van der Waals surface area contributed by atoms with Crippen LogP contribution in [0.2, 0.25) is 0 Å². The Hall–Kier alpha value is -0.830. The van der Waals surface area contributed by atoms with E-state index >= 15 is 0 Å². The molecule has 0 aliphatic heterocycles. The van der Waals surface area contributed by atoms with Crippen molar-refractivity contribution >= 4 is 5.97 Å². The molecule has 1 N–H and O–H groups in total. The molecule has 160 valence electrons. The van der Waals surface area contributed by atoms with Crippen molar-refractivity contribution in [2.45, 2.75) is 135 Å². The van der Waals surface area contributed by atoms with E-state index in [4.69, 9.17) is 5.11 Å². The van der Waals surface area contributed by atoms with Crippen LogP contribution in [0.25, 0.3) is 0 Å². The molecule has 1 atom stereocenters. The molecule has 0 aromatic rings. The number of carboxylic acid groups (broad SMARTS) is 1. The highest BCUT2D eigenvalue weighted by molar-refractivity contribution is 5.69. The van der Waals surface area contributed by atoms with Gasteiger partial charge in [0.2, 0.25) is 0 Å². The Bertz CT molecular complexity index is 339. The monoisotopic (exact) mass is 381 g/mol. The summed E-state index contributed by atoms with van der Waals surface area (Å²) in [6.07, 6.45) is 26.7. The van der Waals surface area contributed by atoms with Gasteiger partial charge < -0.3 is 15.0 Å². The van der Waals surface area contributed by atoms with Crippen molar-refractivity contribution in [3.05, 3.63) is 12.2 Å². The van der Waals surface area contributed by atoms with Gasteiger partial charge in [-0.2, -0.15) is 0 Å². The van der Waals surface area contributed by atoms with Gasteiger partial charge in [0.15, 0.2) is 0 Å². The van der Waals surface area contributed by atoms with Crippen LogP contribution in [-0.4, -0.2) is 17.2 Å². The standard InChI is InChI=1S/C24H46O3/c1-2-3-4-5-6-7-8-9-10-11-12-13-14-15-16-17-18-19-20-21-22-23(25)24(26)27/h9-10,23,25H,2-8,11-22H2,1H3,(H,26,27)/p-1/b10-9-. The first kappa shape index (κ1) is 26.2. The second kappa shape index (κ2) is 21.5. The fraction of sp³-hybridized carbons (Fsp3) is 0.875. The zero-order valence-corrected chi connectivity index (χ0v) is 17.9. The molecular formula is C24H45O3-. The van der Waals surface area contributed by atoms with Crippen molar-refractivity contribution < 1.29 is 15.0 Å². The zero-order chi connectivity index (χ0) is 20.0. The number of hydrogen-bond acceptors (Lipinski definition) is 3. The number of carboxylic acids is 1. The van der Waals surface area contributed by atoms with Crippen molar-refractivity contribution in [3.63, 3.8) is 0 Å². The SMILES string of the molecule is CCCCCCCC/C=C\CCCCCCCCCCCCC(O)C(=O)[O-]. The van der Waals surface area contributed by atoms with E-state index in [1.165, 1.54) is 96.3 Å². The molecule has 0 saturated heterocycles. The predicted molar refractivity (Wildman–Crippen MR) is 114 cm³/mol. The number of allylic oxidation sites excluding steroid dienone is 2. The van der Waals surface area contributed by atoms with Crippen molar-refractivity contribution in [1.82, 2.24) is 0 Å². The molecule has 27 heavy (non-hydrogen) atoms. The number of aliphatic carboxylic acids is 1. The Labute approximate surface area is 168 Å². The molecular weight excluding hydrogens is 336 g/mol. The van der Waals surface area contributed by atoms with E-state index < -0.39 is 12.1 Å². The number of hydrogen-bond donors (Lipinski definition) is 1. The van der Waals surface area contributed by atoms with Crippen LogP contribution >= 0.6 is 0 Å². The summed E-state index contributed by atoms with van der Waals surface area (Å²) in [5, 5.41) is 19.5. The molecule has 3 nitrogen and oxygen atoms in total. The highest BCUT2D eigenvalue weighted by Crippen LogP contribution is 2.13. The molecule has 0 aromatic carbocycles. The van der Waals surface area contributed by atoms with E-state index in [0.29, 0.717) is 6.42 Å². The minimum atomic E-state index is -1.34. The third kappa shape index (κ3) is 21.3. The molecule has 0 spiro atoms. The molecule has 0 rings (SSSR count). The van der Waals surface area contributed by atoms with Gasteiger partial charge in [-0.25, -0.2) is 0 Å². The summed E-state index contributed by atoms with van der Waals surface area (Å²) in [6.45, 7) is 2.27. The summed E-state index contributed by atoms with van der Waals surface area (Å²) in [5.41, 5.74) is 0. The minimum absolute atomic E-state index is 0.329. The van der Waals surface area contributed by atoms with Gasteiger partial charge in [0.05, 0.1) is 12.1 Å². The van der Waals surface area contributed by atoms with Crippen molar-refractivity contribution in [1.29, 1.82) is 0 Å². The fourth-order valence-electron chi connectivity index (χ4n) is 3.41. The second-order valence-electron chi connectivity index (χ2n) is 7.98. The molecule has 0 fully saturated rings. The average Bonchev–Trinajstić information content (AvgIpc) is 2.66. The molecule has 0 saturated carbocycles. The molecule has 0 radical (unpaired) electrons. The number of aliphatic hydroxyl groups is 1. The number of aliphatic hydroxyl groups excluding tert-OH is 1. The molecule has 0 aliphatic carbocycles. The summed E-state index contributed by atoms with van der Waals surface area (Å²) < 4.78 is 0. The van der Waals surface area contributed by atoms with Gasteiger partial charge in [-0.1, -0.05) is 109 Å². The van der Waals surface area contributed by atoms with Crippen LogP contribution < -0.4 is 5.11 Å². The molecule has 0 aromatic heterocycles. The van der Waals surface area contributed by atoms with Crippen LogP contribution in [-0.2, 0) is 4.79 Å². The number of rotatable bonds is 21. The Kier molecular flexibility index (Phi) is 20.8. The van der Waals surface area contributed by atoms with Crippen LogP contribution in [0.5, 0.6) is 0 Å². The summed E-state index contributed by atoms with van der Waals surface area (Å²) >= 11 is 0. The normalized spacial score (nSPS) is 12.7. The van der Waals surface area contributed by atoms with Crippen LogP contribution in [0, 0.1) is 0 Å². The summed E-state index contributed by atoms with van der Waals surface area (Å²) in [6, 6.07) is 0. The number of carbonyl (C=O) groups is 1. The fourth-order valence-corrected chi connectivity index (χ4v) is 3.41. The highest BCUT2D eigenvalue weighted by atomic mass is 16.4. The highest BCUT2D eigenvalue weighted by Gasteiger charge is 2.03. The minimum Gasteiger partial charge on any atom is -0.547 e. The maximum Gasteiger partial charge on any atom is 0.0933 e. The molecule has 0 amide bonds. The van der Waals surface area contributed by atoms with E-state index in [1.807, 2.05) is 0 Å². The third-order valence-electron chi connectivity index (χ3n) is 5.26. The van der Waals surface area contributed by atoms with E-state index in [9.17, 15) is 9.90 Å². The van der Waals surface area contributed by atoms with Gasteiger partial charge in [0.1, 0.15) is 0 Å². The summed E-state index contributed by atoms with van der Waals surface area (Å²) in [5.74, 6) is -1.34. The lowest BCUT2D eigenvalue weighted by atomic mass is 10.0. The van der Waals surface area contributed by atoms with Crippen LogP contribution in [0.15, 0.2) is 12.2 Å². The topological polar surface area (TPSA) is 60.4 Å². The van der Waals surface area contributed by atoms with E-state index in [1.54, 1.807) is 0 Å². The van der Waals surface area contributed by atoms with Crippen LogP contribution in [0.4, 0.5) is 0 Å². The number of carbonyl (C=O) groups excluding carboxylic acids is 1. The van der Waals surface area contributed by atoms with Crippen molar-refractivity contribution in [2.24, 2.45) is 0 Å². The van der Waals surface area contributed by atoms with Gasteiger partial charge in [-0.3, -0.25) is 0 Å². The largest absolute Gasteiger partial charge is 0.547 e. The first-order valence-corrected chi connectivity index (χ1v) is 11.7. The molecule has 0 heterocycles. The molecule has 0 bridgehead atoms. The number of unbranched alkanes of at least 4 members (excludes halogenated alkanes) is 16. The van der Waals surface area contributed by atoms with Gasteiger partial charge in [-0.15, -0.1) is 0 Å². The zero-order valence-electron chi connectivity index (χ0n) is 17.9. The average molecular weight is 382 g/mol. The molecule has 1 unspecified atom stereocenters. The first-order chi connectivity index (χ1) is 13.2. The van der Waals surface area contributed by atoms with E-state index in [2.05, 4.69) is 19.1 Å². The third-order valence-corrected chi connectivity index (χ3v) is 5.26. The smallest absolute Gasteiger partial charge is 0.0933 e. The van der Waals surface area contributed by atoms with Gasteiger partial charge in [-0.05, 0) is 32.1 Å².